The third-order valence-electron chi connectivity index (χ3n) is 8.36. The van der Waals surface area contributed by atoms with E-state index in [1.54, 1.807) is 11.9 Å². The third kappa shape index (κ3) is 6.71. The fraction of sp³-hybridized carbons (Fsp3) is 0.533. The van der Waals surface area contributed by atoms with Gasteiger partial charge < -0.3 is 15.1 Å². The van der Waals surface area contributed by atoms with Crippen molar-refractivity contribution in [1.29, 1.82) is 0 Å². The predicted octanol–water partition coefficient (Wildman–Crippen LogP) is 5.31. The monoisotopic (exact) mass is 558 g/mol. The summed E-state index contributed by atoms with van der Waals surface area (Å²) in [6.45, 7) is 5.26. The molecule has 4 rings (SSSR count). The summed E-state index contributed by atoms with van der Waals surface area (Å²) in [6, 6.07) is 15.2. The van der Waals surface area contributed by atoms with E-state index in [4.69, 9.17) is 23.2 Å². The summed E-state index contributed by atoms with van der Waals surface area (Å²) in [4.78, 5) is 32.9. The number of hydrogen-bond acceptors (Lipinski definition) is 4. The molecular weight excluding hydrogens is 519 g/mol. The summed E-state index contributed by atoms with van der Waals surface area (Å²) in [6.07, 6.45) is 6.16. The van der Waals surface area contributed by atoms with Crippen LogP contribution in [0.3, 0.4) is 0 Å². The lowest BCUT2D eigenvalue weighted by Gasteiger charge is -2.48. The van der Waals surface area contributed by atoms with Crippen LogP contribution in [0.5, 0.6) is 0 Å². The van der Waals surface area contributed by atoms with E-state index in [2.05, 4.69) is 15.1 Å². The molecule has 2 saturated heterocycles. The van der Waals surface area contributed by atoms with Crippen molar-refractivity contribution in [2.45, 2.75) is 50.0 Å². The van der Waals surface area contributed by atoms with Crippen molar-refractivity contribution in [3.05, 3.63) is 69.7 Å². The molecular formula is C30H40Cl2N4O2. The first-order valence-electron chi connectivity index (χ1n) is 13.8. The van der Waals surface area contributed by atoms with Crippen LogP contribution in [-0.4, -0.2) is 85.4 Å². The number of rotatable bonds is 9. The Bertz CT molecular complexity index is 1080. The molecule has 2 amide bonds. The standard InChI is InChI=1S/C30H40Cl2N4O2/c1-33-29(38)30(36-16-7-4-8-17-36)14-19-35(20-15-30)18-13-25(24-11-12-26(31)27(32)21-24)22-34(2)28(37)23-9-5-3-6-10-23/h3,5-6,9-12,21,25H,4,7-8,13-20,22H2,1-2H3,(H,33,38)/t25-/m1/s1. The van der Waals surface area contributed by atoms with Crippen LogP contribution >= 0.6 is 23.2 Å². The van der Waals surface area contributed by atoms with Crippen molar-refractivity contribution >= 4 is 35.0 Å². The molecule has 0 spiro atoms. The lowest BCUT2D eigenvalue weighted by atomic mass is 9.83. The molecule has 0 radical (unpaired) electrons. The fourth-order valence-corrected chi connectivity index (χ4v) is 6.38. The van der Waals surface area contributed by atoms with E-state index in [1.807, 2.05) is 55.6 Å². The first kappa shape index (κ1) is 28.9. The van der Waals surface area contributed by atoms with Gasteiger partial charge in [0.1, 0.15) is 5.54 Å². The number of nitrogens with zero attached hydrogens (tertiary/aromatic N) is 3. The summed E-state index contributed by atoms with van der Waals surface area (Å²) in [7, 11) is 3.62. The van der Waals surface area contributed by atoms with E-state index in [9.17, 15) is 9.59 Å². The average Bonchev–Trinajstić information content (AvgIpc) is 2.97. The molecule has 0 saturated carbocycles. The molecule has 0 aliphatic carbocycles. The molecule has 38 heavy (non-hydrogen) atoms. The van der Waals surface area contributed by atoms with Gasteiger partial charge in [-0.3, -0.25) is 14.5 Å². The Labute approximate surface area is 237 Å². The quantitative estimate of drug-likeness (QED) is 0.453. The van der Waals surface area contributed by atoms with Gasteiger partial charge in [-0.25, -0.2) is 0 Å². The first-order chi connectivity index (χ1) is 18.3. The Hall–Kier alpha value is -2.12. The zero-order valence-corrected chi connectivity index (χ0v) is 24.1. The smallest absolute Gasteiger partial charge is 0.253 e. The van der Waals surface area contributed by atoms with Gasteiger partial charge in [0.25, 0.3) is 5.91 Å². The summed E-state index contributed by atoms with van der Waals surface area (Å²) in [5.41, 5.74) is 1.37. The maximum atomic E-state index is 13.1. The molecule has 2 fully saturated rings. The van der Waals surface area contributed by atoms with Crippen LogP contribution in [0.4, 0.5) is 0 Å². The van der Waals surface area contributed by atoms with Crippen molar-refractivity contribution in [2.75, 3.05) is 53.4 Å². The molecule has 2 aliphatic heterocycles. The van der Waals surface area contributed by atoms with Crippen molar-refractivity contribution in [1.82, 2.24) is 20.0 Å². The maximum absolute atomic E-state index is 13.1. The molecule has 2 aliphatic rings. The van der Waals surface area contributed by atoms with Crippen molar-refractivity contribution in [2.24, 2.45) is 0 Å². The minimum atomic E-state index is -0.392. The number of hydrogen-bond donors (Lipinski definition) is 1. The summed E-state index contributed by atoms with van der Waals surface area (Å²) in [5.74, 6) is 0.273. The number of piperidine rings is 2. The van der Waals surface area contributed by atoms with Gasteiger partial charge in [-0.2, -0.15) is 0 Å². The van der Waals surface area contributed by atoms with Crippen molar-refractivity contribution < 1.29 is 9.59 Å². The largest absolute Gasteiger partial charge is 0.358 e. The van der Waals surface area contributed by atoms with Gasteiger partial charge in [0, 0.05) is 45.2 Å². The Balaban J connectivity index is 1.43. The van der Waals surface area contributed by atoms with Gasteiger partial charge in [0.05, 0.1) is 10.0 Å². The molecule has 2 heterocycles. The van der Waals surface area contributed by atoms with E-state index in [0.29, 0.717) is 22.2 Å². The van der Waals surface area contributed by atoms with Gasteiger partial charge in [0.15, 0.2) is 0 Å². The summed E-state index contributed by atoms with van der Waals surface area (Å²) >= 11 is 12.6. The molecule has 1 atom stereocenters. The zero-order chi connectivity index (χ0) is 27.1. The van der Waals surface area contributed by atoms with Crippen molar-refractivity contribution in [3.63, 3.8) is 0 Å². The molecule has 0 bridgehead atoms. The van der Waals surface area contributed by atoms with E-state index in [1.165, 1.54) is 19.3 Å². The number of amides is 2. The number of likely N-dealkylation sites (tertiary alicyclic amines) is 2. The molecule has 1 N–H and O–H groups in total. The molecule has 8 heteroatoms. The second-order valence-electron chi connectivity index (χ2n) is 10.7. The van der Waals surface area contributed by atoms with E-state index >= 15 is 0 Å². The molecule has 206 valence electrons. The Morgan fingerprint density at radius 1 is 0.974 bits per heavy atom. The highest BCUT2D eigenvalue weighted by Crippen LogP contribution is 2.33. The van der Waals surface area contributed by atoms with Crippen LogP contribution < -0.4 is 5.32 Å². The summed E-state index contributed by atoms with van der Waals surface area (Å²) in [5, 5.41) is 4.01. The zero-order valence-electron chi connectivity index (χ0n) is 22.6. The van der Waals surface area contributed by atoms with Gasteiger partial charge in [-0.05, 0) is 81.6 Å². The topological polar surface area (TPSA) is 55.9 Å². The average molecular weight is 560 g/mol. The number of benzene rings is 2. The van der Waals surface area contributed by atoms with Crippen LogP contribution in [0.25, 0.3) is 0 Å². The maximum Gasteiger partial charge on any atom is 0.253 e. The minimum absolute atomic E-state index is 0.00512. The van der Waals surface area contributed by atoms with Gasteiger partial charge in [-0.1, -0.05) is 53.9 Å². The van der Waals surface area contributed by atoms with E-state index in [-0.39, 0.29) is 17.7 Å². The lowest BCUT2D eigenvalue weighted by Crippen LogP contribution is -2.63. The highest BCUT2D eigenvalue weighted by molar-refractivity contribution is 6.42. The van der Waals surface area contributed by atoms with Crippen molar-refractivity contribution in [3.8, 4) is 0 Å². The fourth-order valence-electron chi connectivity index (χ4n) is 6.07. The Morgan fingerprint density at radius 3 is 2.29 bits per heavy atom. The molecule has 2 aromatic carbocycles. The molecule has 6 nitrogen and oxygen atoms in total. The number of nitrogens with one attached hydrogen (secondary N) is 1. The van der Waals surface area contributed by atoms with Crippen LogP contribution in [-0.2, 0) is 4.79 Å². The predicted molar refractivity (Wildman–Crippen MR) is 155 cm³/mol. The third-order valence-corrected chi connectivity index (χ3v) is 9.10. The second kappa shape index (κ2) is 13.3. The summed E-state index contributed by atoms with van der Waals surface area (Å²) < 4.78 is 0. The number of halogens is 2. The number of likely N-dealkylation sites (N-methyl/N-ethyl adjacent to an activating group) is 2. The number of carbonyl (C=O) groups excluding carboxylic acids is 2. The Morgan fingerprint density at radius 2 is 1.66 bits per heavy atom. The van der Waals surface area contributed by atoms with Gasteiger partial charge in [0.2, 0.25) is 5.91 Å². The van der Waals surface area contributed by atoms with E-state index < -0.39 is 5.54 Å². The van der Waals surface area contributed by atoms with Crippen LogP contribution in [0, 0.1) is 0 Å². The highest BCUT2D eigenvalue weighted by atomic mass is 35.5. The highest BCUT2D eigenvalue weighted by Gasteiger charge is 2.45. The number of carbonyl (C=O) groups is 2. The molecule has 2 aromatic rings. The van der Waals surface area contributed by atoms with Crippen LogP contribution in [0.15, 0.2) is 48.5 Å². The van der Waals surface area contributed by atoms with Gasteiger partial charge >= 0.3 is 0 Å². The molecule has 0 aromatic heterocycles. The lowest BCUT2D eigenvalue weighted by molar-refractivity contribution is -0.137. The van der Waals surface area contributed by atoms with E-state index in [0.717, 1.165) is 57.5 Å². The molecule has 0 unspecified atom stereocenters. The minimum Gasteiger partial charge on any atom is -0.358 e. The van der Waals surface area contributed by atoms with Gasteiger partial charge in [-0.15, -0.1) is 0 Å². The normalized spacial score (nSPS) is 19.1. The Kier molecular flexibility index (Phi) is 10.1. The van der Waals surface area contributed by atoms with Crippen LogP contribution in [0.1, 0.15) is 60.4 Å². The SMILES string of the molecule is CNC(=O)C1(N2CCCCC2)CCN(CC[C@H](CN(C)C(=O)c2ccccc2)c2ccc(Cl)c(Cl)c2)CC1. The van der Waals surface area contributed by atoms with Crippen LogP contribution in [0.2, 0.25) is 10.0 Å². The second-order valence-corrected chi connectivity index (χ2v) is 11.5. The first-order valence-corrected chi connectivity index (χ1v) is 14.5.